The summed E-state index contributed by atoms with van der Waals surface area (Å²) in [4.78, 5) is 32.5. The first-order valence-corrected chi connectivity index (χ1v) is 9.86. The van der Waals surface area contributed by atoms with Crippen molar-refractivity contribution in [1.82, 2.24) is 14.5 Å². The Hall–Kier alpha value is -3.73. The van der Waals surface area contributed by atoms with Gasteiger partial charge in [-0.1, -0.05) is 60.2 Å². The van der Waals surface area contributed by atoms with Crippen LogP contribution < -0.4 is 5.56 Å². The largest absolute Gasteiger partial charge is 0.337 e. The maximum Gasteiger partial charge on any atom is 0.265 e. The number of nitrogens with zero attached hydrogens (tertiary/aromatic N) is 3. The summed E-state index contributed by atoms with van der Waals surface area (Å²) in [6.07, 6.45) is 1.66. The number of hydrogen-bond acceptors (Lipinski definition) is 3. The molecule has 1 amide bonds. The van der Waals surface area contributed by atoms with E-state index in [0.29, 0.717) is 18.7 Å². The lowest BCUT2D eigenvalue weighted by atomic mass is 10.1. The molecule has 5 heteroatoms. The van der Waals surface area contributed by atoms with Crippen LogP contribution in [-0.4, -0.2) is 27.4 Å². The van der Waals surface area contributed by atoms with E-state index in [4.69, 9.17) is 0 Å². The van der Waals surface area contributed by atoms with Gasteiger partial charge in [0.05, 0.1) is 6.54 Å². The van der Waals surface area contributed by atoms with Gasteiger partial charge in [0.25, 0.3) is 11.5 Å². The maximum absolute atomic E-state index is 13.3. The minimum atomic E-state index is -0.327. The number of carbonyl (C=O) groups excluding carboxylic acids is 1. The van der Waals surface area contributed by atoms with Crippen LogP contribution in [0.3, 0.4) is 0 Å². The minimum absolute atomic E-state index is 0.154. The van der Waals surface area contributed by atoms with Crippen molar-refractivity contribution in [3.05, 3.63) is 112 Å². The van der Waals surface area contributed by atoms with E-state index in [9.17, 15) is 9.59 Å². The molecule has 0 unspecified atom stereocenters. The fourth-order valence-corrected chi connectivity index (χ4v) is 3.52. The van der Waals surface area contributed by atoms with Crippen LogP contribution in [0.1, 0.15) is 27.0 Å². The van der Waals surface area contributed by atoms with Gasteiger partial charge in [0.2, 0.25) is 0 Å². The van der Waals surface area contributed by atoms with Crippen LogP contribution >= 0.6 is 0 Å². The molecule has 150 valence electrons. The zero-order valence-electron chi connectivity index (χ0n) is 17.1. The number of carbonyl (C=O) groups is 1. The molecule has 0 atom stereocenters. The van der Waals surface area contributed by atoms with Crippen LogP contribution in [0.5, 0.6) is 0 Å². The van der Waals surface area contributed by atoms with E-state index >= 15 is 0 Å². The molecule has 0 radical (unpaired) electrons. The summed E-state index contributed by atoms with van der Waals surface area (Å²) < 4.78 is 1.59. The molecule has 4 aromatic rings. The molecule has 0 N–H and O–H groups in total. The van der Waals surface area contributed by atoms with Crippen molar-refractivity contribution in [2.45, 2.75) is 20.0 Å². The quantitative estimate of drug-likeness (QED) is 0.511. The Bertz CT molecular complexity index is 1250. The van der Waals surface area contributed by atoms with Gasteiger partial charge in [0.15, 0.2) is 0 Å². The second-order valence-corrected chi connectivity index (χ2v) is 7.50. The summed E-state index contributed by atoms with van der Waals surface area (Å²) in [6.45, 7) is 2.81. The predicted octanol–water partition coefficient (Wildman–Crippen LogP) is 4.03. The number of benzene rings is 2. The maximum atomic E-state index is 13.3. The van der Waals surface area contributed by atoms with Crippen molar-refractivity contribution in [2.75, 3.05) is 7.05 Å². The van der Waals surface area contributed by atoms with Crippen molar-refractivity contribution in [1.29, 1.82) is 0 Å². The first-order valence-electron chi connectivity index (χ1n) is 9.86. The topological polar surface area (TPSA) is 55.2 Å². The van der Waals surface area contributed by atoms with Gasteiger partial charge in [0.1, 0.15) is 11.2 Å². The van der Waals surface area contributed by atoms with E-state index < -0.39 is 0 Å². The SMILES string of the molecule is Cc1ccc(Cn2c(=O)c(C(=O)N(C)Cc3ccccc3)cc3cccnc32)cc1. The van der Waals surface area contributed by atoms with Crippen LogP contribution in [-0.2, 0) is 13.1 Å². The highest BCUT2D eigenvalue weighted by atomic mass is 16.2. The molecule has 2 aromatic carbocycles. The number of fused-ring (bicyclic) bond motifs is 1. The van der Waals surface area contributed by atoms with E-state index in [0.717, 1.165) is 22.1 Å². The molecule has 0 aliphatic rings. The van der Waals surface area contributed by atoms with Gasteiger partial charge in [-0.15, -0.1) is 0 Å². The second-order valence-electron chi connectivity index (χ2n) is 7.50. The van der Waals surface area contributed by atoms with E-state index in [1.807, 2.05) is 73.7 Å². The van der Waals surface area contributed by atoms with E-state index in [1.165, 1.54) is 0 Å². The molecule has 0 saturated heterocycles. The third-order valence-corrected chi connectivity index (χ3v) is 5.15. The lowest BCUT2D eigenvalue weighted by Gasteiger charge is -2.18. The Morgan fingerprint density at radius 3 is 2.43 bits per heavy atom. The van der Waals surface area contributed by atoms with Crippen molar-refractivity contribution < 1.29 is 4.79 Å². The Balaban J connectivity index is 1.75. The number of amides is 1. The summed E-state index contributed by atoms with van der Waals surface area (Å²) in [5, 5.41) is 0.765. The third-order valence-electron chi connectivity index (χ3n) is 5.15. The minimum Gasteiger partial charge on any atom is -0.337 e. The van der Waals surface area contributed by atoms with E-state index in [-0.39, 0.29) is 17.0 Å². The van der Waals surface area contributed by atoms with Gasteiger partial charge >= 0.3 is 0 Å². The molecule has 2 heterocycles. The Kier molecular flexibility index (Phi) is 5.44. The molecule has 2 aromatic heterocycles. The van der Waals surface area contributed by atoms with Crippen LogP contribution in [0.2, 0.25) is 0 Å². The average Bonchev–Trinajstić information content (AvgIpc) is 2.77. The third kappa shape index (κ3) is 4.01. The van der Waals surface area contributed by atoms with Crippen LogP contribution in [0.15, 0.2) is 83.8 Å². The molecule has 5 nitrogen and oxygen atoms in total. The number of pyridine rings is 2. The monoisotopic (exact) mass is 397 g/mol. The molecular formula is C25H23N3O2. The van der Waals surface area contributed by atoms with Gasteiger partial charge in [-0.2, -0.15) is 0 Å². The summed E-state index contributed by atoms with van der Waals surface area (Å²) in [5.41, 5.74) is 3.55. The zero-order chi connectivity index (χ0) is 21.1. The molecule has 4 rings (SSSR count). The van der Waals surface area contributed by atoms with Gasteiger partial charge in [-0.25, -0.2) is 4.98 Å². The van der Waals surface area contributed by atoms with Gasteiger partial charge in [-0.05, 0) is 36.2 Å². The second kappa shape index (κ2) is 8.33. The fourth-order valence-electron chi connectivity index (χ4n) is 3.52. The van der Waals surface area contributed by atoms with Crippen molar-refractivity contribution in [3.63, 3.8) is 0 Å². The molecule has 0 aliphatic carbocycles. The number of aryl methyl sites for hydroxylation is 1. The van der Waals surface area contributed by atoms with E-state index in [2.05, 4.69) is 4.98 Å². The standard InChI is InChI=1S/C25H23N3O2/c1-18-10-12-20(13-11-18)17-28-23-21(9-6-14-26-23)15-22(25(28)30)24(29)27(2)16-19-7-4-3-5-8-19/h3-15H,16-17H2,1-2H3. The Morgan fingerprint density at radius 2 is 1.70 bits per heavy atom. The summed E-state index contributed by atoms with van der Waals surface area (Å²) in [6, 6.07) is 23.1. The average molecular weight is 397 g/mol. The highest BCUT2D eigenvalue weighted by molar-refractivity contribution is 5.96. The predicted molar refractivity (Wildman–Crippen MR) is 119 cm³/mol. The summed E-state index contributed by atoms with van der Waals surface area (Å²) in [7, 11) is 1.71. The summed E-state index contributed by atoms with van der Waals surface area (Å²) >= 11 is 0. The summed E-state index contributed by atoms with van der Waals surface area (Å²) in [5.74, 6) is -0.299. The first-order chi connectivity index (χ1) is 14.5. The van der Waals surface area contributed by atoms with Crippen molar-refractivity contribution >= 4 is 16.9 Å². The molecule has 0 bridgehead atoms. The van der Waals surface area contributed by atoms with Gasteiger partial charge in [0, 0.05) is 25.2 Å². The van der Waals surface area contributed by atoms with Crippen molar-refractivity contribution in [2.24, 2.45) is 0 Å². The zero-order valence-corrected chi connectivity index (χ0v) is 17.1. The smallest absolute Gasteiger partial charge is 0.265 e. The number of rotatable bonds is 5. The van der Waals surface area contributed by atoms with Gasteiger partial charge in [-0.3, -0.25) is 14.2 Å². The molecule has 0 aliphatic heterocycles. The first kappa shape index (κ1) is 19.6. The van der Waals surface area contributed by atoms with Crippen molar-refractivity contribution in [3.8, 4) is 0 Å². The number of aromatic nitrogens is 2. The van der Waals surface area contributed by atoms with Crippen LogP contribution in [0, 0.1) is 6.92 Å². The van der Waals surface area contributed by atoms with Gasteiger partial charge < -0.3 is 4.90 Å². The Morgan fingerprint density at radius 1 is 0.967 bits per heavy atom. The number of hydrogen-bond donors (Lipinski definition) is 0. The lowest BCUT2D eigenvalue weighted by molar-refractivity contribution is 0.0783. The van der Waals surface area contributed by atoms with Crippen LogP contribution in [0.4, 0.5) is 0 Å². The molecule has 0 spiro atoms. The molecule has 0 fully saturated rings. The lowest BCUT2D eigenvalue weighted by Crippen LogP contribution is -2.34. The van der Waals surface area contributed by atoms with Crippen LogP contribution in [0.25, 0.3) is 11.0 Å². The highest BCUT2D eigenvalue weighted by Crippen LogP contribution is 2.15. The Labute approximate surface area is 175 Å². The highest BCUT2D eigenvalue weighted by Gasteiger charge is 2.20. The molecule has 0 saturated carbocycles. The van der Waals surface area contributed by atoms with E-state index in [1.54, 1.807) is 28.8 Å². The fraction of sp³-hybridized carbons (Fsp3) is 0.160. The normalized spacial score (nSPS) is 10.9. The molecular weight excluding hydrogens is 374 g/mol. The molecule has 30 heavy (non-hydrogen) atoms.